The molecular weight excluding hydrogens is 220 g/mol. The summed E-state index contributed by atoms with van der Waals surface area (Å²) in [7, 11) is 0. The number of carbonyl (C=O) groups is 1. The van der Waals surface area contributed by atoms with Crippen LogP contribution in [-0.4, -0.2) is 42.5 Å². The number of carbonyl (C=O) groups excluding carboxylic acids is 1. The van der Waals surface area contributed by atoms with Gasteiger partial charge in [0.1, 0.15) is 5.60 Å². The van der Waals surface area contributed by atoms with Crippen LogP contribution in [0.4, 0.5) is 4.79 Å². The highest BCUT2D eigenvalue weighted by molar-refractivity contribution is 5.67. The van der Waals surface area contributed by atoms with E-state index in [0.29, 0.717) is 6.54 Å². The minimum atomic E-state index is -0.452. The average molecular weight is 246 g/mol. The summed E-state index contributed by atoms with van der Waals surface area (Å²) in [4.78, 5) is 11.3. The zero-order valence-corrected chi connectivity index (χ0v) is 11.4. The van der Waals surface area contributed by atoms with Crippen molar-refractivity contribution in [3.05, 3.63) is 0 Å². The average Bonchev–Trinajstić information content (AvgIpc) is 2.21. The monoisotopic (exact) mass is 246 g/mol. The number of rotatable bonds is 7. The number of hydrogen-bond acceptors (Lipinski definition) is 4. The topological polar surface area (TPSA) is 70.6 Å². The van der Waals surface area contributed by atoms with Crippen LogP contribution in [0.15, 0.2) is 0 Å². The Morgan fingerprint density at radius 2 is 2.00 bits per heavy atom. The van der Waals surface area contributed by atoms with Crippen molar-refractivity contribution in [1.29, 1.82) is 0 Å². The first-order valence-electron chi connectivity index (χ1n) is 6.20. The maximum atomic E-state index is 11.3. The number of aliphatic hydroxyl groups is 1. The molecule has 0 saturated carbocycles. The van der Waals surface area contributed by atoms with Gasteiger partial charge in [-0.3, -0.25) is 0 Å². The van der Waals surface area contributed by atoms with Crippen molar-refractivity contribution in [3.63, 3.8) is 0 Å². The van der Waals surface area contributed by atoms with Crippen LogP contribution in [-0.2, 0) is 4.74 Å². The van der Waals surface area contributed by atoms with Gasteiger partial charge in [0.05, 0.1) is 6.61 Å². The summed E-state index contributed by atoms with van der Waals surface area (Å²) in [6.07, 6.45) is 1.33. The van der Waals surface area contributed by atoms with E-state index in [1.807, 2.05) is 27.7 Å². The molecule has 0 aromatic carbocycles. The second-order valence-corrected chi connectivity index (χ2v) is 5.02. The summed E-state index contributed by atoms with van der Waals surface area (Å²) in [5.41, 5.74) is -0.452. The lowest BCUT2D eigenvalue weighted by Crippen LogP contribution is -2.36. The Labute approximate surface area is 104 Å². The molecule has 0 aliphatic rings. The van der Waals surface area contributed by atoms with Crippen LogP contribution < -0.4 is 10.6 Å². The highest BCUT2D eigenvalue weighted by atomic mass is 16.6. The molecule has 0 bridgehead atoms. The smallest absolute Gasteiger partial charge is 0.407 e. The predicted octanol–water partition coefficient (Wildman–Crippen LogP) is 1.26. The molecule has 0 unspecified atom stereocenters. The molecule has 0 radical (unpaired) electrons. The Morgan fingerprint density at radius 1 is 1.35 bits per heavy atom. The Hall–Kier alpha value is -0.810. The van der Waals surface area contributed by atoms with E-state index in [1.54, 1.807) is 0 Å². The molecule has 17 heavy (non-hydrogen) atoms. The number of aliphatic hydroxyl groups excluding tert-OH is 1. The Balaban J connectivity index is 3.49. The lowest BCUT2D eigenvalue weighted by atomic mass is 10.2. The highest BCUT2D eigenvalue weighted by Gasteiger charge is 2.15. The summed E-state index contributed by atoms with van der Waals surface area (Å²) >= 11 is 0. The van der Waals surface area contributed by atoms with E-state index in [0.717, 1.165) is 19.4 Å². The lowest BCUT2D eigenvalue weighted by Gasteiger charge is -2.19. The molecule has 0 spiro atoms. The minimum Gasteiger partial charge on any atom is -0.444 e. The largest absolute Gasteiger partial charge is 0.444 e. The van der Waals surface area contributed by atoms with Gasteiger partial charge in [-0.1, -0.05) is 6.92 Å². The molecule has 0 saturated heterocycles. The van der Waals surface area contributed by atoms with E-state index < -0.39 is 5.60 Å². The van der Waals surface area contributed by atoms with Gasteiger partial charge in [-0.15, -0.1) is 0 Å². The van der Waals surface area contributed by atoms with Crippen molar-refractivity contribution >= 4 is 6.09 Å². The second-order valence-electron chi connectivity index (χ2n) is 5.02. The Kier molecular flexibility index (Phi) is 7.91. The van der Waals surface area contributed by atoms with Gasteiger partial charge in [0.25, 0.3) is 0 Å². The van der Waals surface area contributed by atoms with Gasteiger partial charge in [-0.25, -0.2) is 4.79 Å². The summed E-state index contributed by atoms with van der Waals surface area (Å²) in [5.74, 6) is 0. The molecule has 5 heteroatoms. The molecular formula is C12H26N2O3. The molecule has 0 aromatic heterocycles. The van der Waals surface area contributed by atoms with Crippen molar-refractivity contribution in [1.82, 2.24) is 10.6 Å². The first kappa shape index (κ1) is 16.2. The van der Waals surface area contributed by atoms with Crippen molar-refractivity contribution in [2.75, 3.05) is 19.7 Å². The van der Waals surface area contributed by atoms with E-state index in [-0.39, 0.29) is 18.7 Å². The van der Waals surface area contributed by atoms with E-state index in [1.165, 1.54) is 0 Å². The summed E-state index contributed by atoms with van der Waals surface area (Å²) < 4.78 is 5.10. The number of nitrogens with one attached hydrogen (secondary N) is 2. The van der Waals surface area contributed by atoms with Crippen molar-refractivity contribution in [3.8, 4) is 0 Å². The first-order chi connectivity index (χ1) is 7.89. The third-order valence-electron chi connectivity index (χ3n) is 2.17. The highest BCUT2D eigenvalue weighted by Crippen LogP contribution is 2.06. The van der Waals surface area contributed by atoms with Crippen LogP contribution in [0.1, 0.15) is 40.5 Å². The summed E-state index contributed by atoms with van der Waals surface area (Å²) in [6.45, 7) is 9.02. The van der Waals surface area contributed by atoms with Crippen LogP contribution in [0.2, 0.25) is 0 Å². The van der Waals surface area contributed by atoms with Crippen molar-refractivity contribution < 1.29 is 14.6 Å². The molecule has 0 aromatic rings. The summed E-state index contributed by atoms with van der Waals surface area (Å²) in [6, 6.07) is 0.150. The van der Waals surface area contributed by atoms with E-state index in [9.17, 15) is 4.79 Å². The van der Waals surface area contributed by atoms with E-state index in [2.05, 4.69) is 10.6 Å². The standard InChI is InChI=1S/C12H26N2O3/c1-5-10(9-15)13-7-6-8-14-11(16)17-12(2,3)4/h10,13,15H,5-9H2,1-4H3,(H,14,16)/t10-/m0/s1. The third kappa shape index (κ3) is 10.1. The molecule has 1 atom stereocenters. The predicted molar refractivity (Wildman–Crippen MR) is 68.0 cm³/mol. The minimum absolute atomic E-state index is 0.149. The van der Waals surface area contributed by atoms with Gasteiger partial charge in [0.15, 0.2) is 0 Å². The number of hydrogen-bond donors (Lipinski definition) is 3. The fourth-order valence-corrected chi connectivity index (χ4v) is 1.24. The van der Waals surface area contributed by atoms with Gasteiger partial charge in [0, 0.05) is 12.6 Å². The van der Waals surface area contributed by atoms with Gasteiger partial charge < -0.3 is 20.5 Å². The zero-order chi connectivity index (χ0) is 13.3. The Bertz CT molecular complexity index is 210. The fourth-order valence-electron chi connectivity index (χ4n) is 1.24. The van der Waals surface area contributed by atoms with Gasteiger partial charge in [-0.2, -0.15) is 0 Å². The molecule has 0 aliphatic carbocycles. The van der Waals surface area contributed by atoms with E-state index >= 15 is 0 Å². The maximum absolute atomic E-state index is 11.3. The lowest BCUT2D eigenvalue weighted by molar-refractivity contribution is 0.0527. The zero-order valence-electron chi connectivity index (χ0n) is 11.4. The Morgan fingerprint density at radius 3 is 2.47 bits per heavy atom. The molecule has 0 heterocycles. The quantitative estimate of drug-likeness (QED) is 0.591. The van der Waals surface area contributed by atoms with Gasteiger partial charge in [-0.05, 0) is 40.2 Å². The SMILES string of the molecule is CC[C@@H](CO)NCCCNC(=O)OC(C)(C)C. The molecule has 3 N–H and O–H groups in total. The summed E-state index contributed by atoms with van der Waals surface area (Å²) in [5, 5.41) is 14.8. The number of ether oxygens (including phenoxy) is 1. The third-order valence-corrected chi connectivity index (χ3v) is 2.17. The molecule has 102 valence electrons. The normalized spacial score (nSPS) is 13.2. The van der Waals surface area contributed by atoms with Crippen LogP contribution in [0.5, 0.6) is 0 Å². The van der Waals surface area contributed by atoms with Crippen molar-refractivity contribution in [2.24, 2.45) is 0 Å². The molecule has 5 nitrogen and oxygen atoms in total. The fraction of sp³-hybridized carbons (Fsp3) is 0.917. The van der Waals surface area contributed by atoms with Gasteiger partial charge >= 0.3 is 6.09 Å². The van der Waals surface area contributed by atoms with Gasteiger partial charge in [0.2, 0.25) is 0 Å². The van der Waals surface area contributed by atoms with Crippen LogP contribution in [0.25, 0.3) is 0 Å². The van der Waals surface area contributed by atoms with Crippen LogP contribution in [0, 0.1) is 0 Å². The molecule has 0 fully saturated rings. The van der Waals surface area contributed by atoms with Crippen LogP contribution in [0.3, 0.4) is 0 Å². The molecule has 0 aliphatic heterocycles. The number of amides is 1. The second kappa shape index (κ2) is 8.31. The van der Waals surface area contributed by atoms with Crippen LogP contribution >= 0.6 is 0 Å². The maximum Gasteiger partial charge on any atom is 0.407 e. The number of alkyl carbamates (subject to hydrolysis) is 1. The molecule has 0 rings (SSSR count). The first-order valence-corrected chi connectivity index (χ1v) is 6.20. The van der Waals surface area contributed by atoms with E-state index in [4.69, 9.17) is 9.84 Å². The van der Waals surface area contributed by atoms with Crippen molar-refractivity contribution in [2.45, 2.75) is 52.2 Å². The molecule has 1 amide bonds.